The molecule has 0 fully saturated rings. The molecule has 0 spiro atoms. The number of H-pyrrole nitrogens is 2. The first-order valence-electron chi connectivity index (χ1n) is 3.15. The molecular formula is C4H3F4N3O4S. The number of carboxylic acid groups (broad SMARTS) is 1. The maximum Gasteiger partial charge on any atom is 0.379 e. The standard InChI is InChI=1S/C4H3N3O4.F4S/c8-2-1(3(9)10)6-7-4(11)5-2;1-5(2,3)4/h(H,9,10)(H2,5,7,8,11);. The second-order valence-corrected chi connectivity index (χ2v) is 2.71. The van der Waals surface area contributed by atoms with Crippen LogP contribution < -0.4 is 11.2 Å². The van der Waals surface area contributed by atoms with Crippen LogP contribution in [0.1, 0.15) is 10.5 Å². The molecule has 0 aliphatic heterocycles. The predicted octanol–water partition coefficient (Wildman–Crippen LogP) is 0.485. The molecule has 1 aromatic rings. The molecule has 0 amide bonds. The lowest BCUT2D eigenvalue weighted by molar-refractivity contribution is 0.0686. The van der Waals surface area contributed by atoms with Gasteiger partial charge >= 0.3 is 23.2 Å². The van der Waals surface area contributed by atoms with Crippen LogP contribution in [0.3, 0.4) is 0 Å². The minimum atomic E-state index is -6.17. The molecule has 12 heteroatoms. The Balaban J connectivity index is 0.000000385. The first kappa shape index (κ1) is 14.2. The molecule has 0 aliphatic rings. The number of carboxylic acids is 1. The van der Waals surface area contributed by atoms with Gasteiger partial charge in [0, 0.05) is 0 Å². The summed E-state index contributed by atoms with van der Waals surface area (Å²) in [5.41, 5.74) is -2.58. The van der Waals surface area contributed by atoms with E-state index in [-0.39, 0.29) is 0 Å². The molecule has 0 aromatic carbocycles. The summed E-state index contributed by atoms with van der Waals surface area (Å²) in [6, 6.07) is 0. The summed E-state index contributed by atoms with van der Waals surface area (Å²) in [5, 5.41) is 13.0. The first-order chi connectivity index (χ1) is 7.11. The van der Waals surface area contributed by atoms with E-state index >= 15 is 0 Å². The number of aromatic amines is 2. The molecule has 7 nitrogen and oxygen atoms in total. The Morgan fingerprint density at radius 3 is 2.00 bits per heavy atom. The number of nitrogens with one attached hydrogen (secondary N) is 2. The number of hydrogen-bond acceptors (Lipinski definition) is 4. The number of carbonyl (C=O) groups is 1. The molecule has 92 valence electrons. The van der Waals surface area contributed by atoms with E-state index < -0.39 is 34.5 Å². The van der Waals surface area contributed by atoms with Gasteiger partial charge in [-0.3, -0.25) is 9.78 Å². The predicted molar refractivity (Wildman–Crippen MR) is 44.5 cm³/mol. The Labute approximate surface area is 85.6 Å². The summed E-state index contributed by atoms with van der Waals surface area (Å²) in [4.78, 5) is 32.7. The Morgan fingerprint density at radius 1 is 1.25 bits per heavy atom. The first-order valence-corrected chi connectivity index (χ1v) is 4.38. The van der Waals surface area contributed by atoms with Gasteiger partial charge < -0.3 is 5.11 Å². The van der Waals surface area contributed by atoms with Gasteiger partial charge in [-0.1, -0.05) is 15.5 Å². The Bertz CT molecular complexity index is 473. The summed E-state index contributed by atoms with van der Waals surface area (Å²) in [5.74, 6) is -1.48. The zero-order chi connectivity index (χ0) is 12.9. The number of nitrogens with zero attached hydrogens (tertiary/aromatic N) is 1. The highest BCUT2D eigenvalue weighted by atomic mass is 32.4. The van der Waals surface area contributed by atoms with E-state index in [0.717, 1.165) is 0 Å². The molecule has 0 radical (unpaired) electrons. The summed E-state index contributed by atoms with van der Waals surface area (Å²) >= 11 is -6.17. The molecule has 0 bridgehead atoms. The van der Waals surface area contributed by atoms with Crippen molar-refractivity contribution in [2.45, 2.75) is 0 Å². The number of aromatic carboxylic acids is 1. The van der Waals surface area contributed by atoms with Crippen molar-refractivity contribution in [3.63, 3.8) is 0 Å². The summed E-state index contributed by atoms with van der Waals surface area (Å²) in [7, 11) is 0. The van der Waals surface area contributed by atoms with Gasteiger partial charge in [0.15, 0.2) is 0 Å². The average molecular weight is 265 g/mol. The highest BCUT2D eigenvalue weighted by Gasteiger charge is 2.16. The van der Waals surface area contributed by atoms with Crippen LogP contribution in [0, 0.1) is 0 Å². The van der Waals surface area contributed by atoms with Crippen molar-refractivity contribution in [3.05, 3.63) is 26.5 Å². The topological polar surface area (TPSA) is 116 Å². The van der Waals surface area contributed by atoms with Crippen LogP contribution in [-0.2, 0) is 0 Å². The molecule has 1 aromatic heterocycles. The lowest BCUT2D eigenvalue weighted by atomic mass is 10.5. The smallest absolute Gasteiger partial charge is 0.379 e. The van der Waals surface area contributed by atoms with Crippen molar-refractivity contribution in [1.82, 2.24) is 15.2 Å². The summed E-state index contributed by atoms with van der Waals surface area (Å²) in [6.07, 6.45) is 0. The summed E-state index contributed by atoms with van der Waals surface area (Å²) < 4.78 is 39.1. The molecule has 1 rings (SSSR count). The van der Waals surface area contributed by atoms with Crippen LogP contribution in [0.4, 0.5) is 15.5 Å². The highest BCUT2D eigenvalue weighted by molar-refractivity contribution is 8.16. The third-order valence-electron chi connectivity index (χ3n) is 0.914. The fourth-order valence-corrected chi connectivity index (χ4v) is 0.493. The molecule has 16 heavy (non-hydrogen) atoms. The van der Waals surface area contributed by atoms with Crippen LogP contribution in [0.25, 0.3) is 0 Å². The Morgan fingerprint density at radius 2 is 1.69 bits per heavy atom. The molecule has 0 atom stereocenters. The molecular weight excluding hydrogens is 262 g/mol. The summed E-state index contributed by atoms with van der Waals surface area (Å²) in [6.45, 7) is 0. The molecule has 1 heterocycles. The van der Waals surface area contributed by atoms with Crippen LogP contribution in [0.15, 0.2) is 9.59 Å². The van der Waals surface area contributed by atoms with Gasteiger partial charge in [0.25, 0.3) is 5.56 Å². The van der Waals surface area contributed by atoms with Gasteiger partial charge in [-0.2, -0.15) is 5.10 Å². The van der Waals surface area contributed by atoms with Gasteiger partial charge in [0.2, 0.25) is 5.69 Å². The Kier molecular flexibility index (Phi) is 4.68. The molecule has 0 aliphatic carbocycles. The normalized spacial score (nSPS) is 11.2. The van der Waals surface area contributed by atoms with E-state index in [2.05, 4.69) is 5.10 Å². The van der Waals surface area contributed by atoms with Gasteiger partial charge in [0.05, 0.1) is 0 Å². The SMILES string of the molecule is FS(F)(F)F.O=C(O)c1n[nH]c(=O)[nH]c1=O. The van der Waals surface area contributed by atoms with E-state index in [0.29, 0.717) is 0 Å². The van der Waals surface area contributed by atoms with E-state index in [9.17, 15) is 29.9 Å². The number of hydrogen-bond donors (Lipinski definition) is 3. The molecule has 3 N–H and O–H groups in total. The molecule has 0 unspecified atom stereocenters. The van der Waals surface area contributed by atoms with Crippen molar-refractivity contribution >= 4 is 17.5 Å². The third kappa shape index (κ3) is 6.58. The zero-order valence-electron chi connectivity index (χ0n) is 7.04. The minimum Gasteiger partial charge on any atom is -0.476 e. The number of aromatic nitrogens is 3. The van der Waals surface area contributed by atoms with Crippen molar-refractivity contribution in [2.24, 2.45) is 0 Å². The lowest BCUT2D eigenvalue weighted by Crippen LogP contribution is -2.29. The van der Waals surface area contributed by atoms with Crippen molar-refractivity contribution in [2.75, 3.05) is 0 Å². The van der Waals surface area contributed by atoms with Gasteiger partial charge in [-0.05, 0) is 0 Å². The maximum atomic E-state index is 10.6. The quantitative estimate of drug-likeness (QED) is 0.639. The van der Waals surface area contributed by atoms with Crippen molar-refractivity contribution in [3.8, 4) is 0 Å². The zero-order valence-corrected chi connectivity index (χ0v) is 7.86. The van der Waals surface area contributed by atoms with E-state index in [1.807, 2.05) is 0 Å². The fourth-order valence-electron chi connectivity index (χ4n) is 0.493. The van der Waals surface area contributed by atoms with Gasteiger partial charge in [-0.25, -0.2) is 14.7 Å². The Hall–Kier alpha value is -1.85. The number of halogens is 4. The third-order valence-corrected chi connectivity index (χ3v) is 0.914. The van der Waals surface area contributed by atoms with E-state index in [4.69, 9.17) is 5.11 Å². The second kappa shape index (κ2) is 5.29. The van der Waals surface area contributed by atoms with Crippen molar-refractivity contribution < 1.29 is 25.4 Å². The monoisotopic (exact) mass is 265 g/mol. The van der Waals surface area contributed by atoms with Crippen LogP contribution in [-0.4, -0.2) is 26.3 Å². The van der Waals surface area contributed by atoms with Crippen molar-refractivity contribution in [1.29, 1.82) is 0 Å². The molecule has 0 saturated heterocycles. The van der Waals surface area contributed by atoms with Crippen LogP contribution in [0.2, 0.25) is 0 Å². The lowest BCUT2D eigenvalue weighted by Gasteiger charge is -1.87. The van der Waals surface area contributed by atoms with Crippen LogP contribution >= 0.6 is 11.6 Å². The average Bonchev–Trinajstić information content (AvgIpc) is 1.99. The second-order valence-electron chi connectivity index (χ2n) is 2.01. The highest BCUT2D eigenvalue weighted by Crippen LogP contribution is 2.54. The minimum absolute atomic E-state index is 0.732. The maximum absolute atomic E-state index is 10.6. The van der Waals surface area contributed by atoms with Gasteiger partial charge in [-0.15, -0.1) is 0 Å². The fraction of sp³-hybridized carbons (Fsp3) is 0. The van der Waals surface area contributed by atoms with Gasteiger partial charge in [0.1, 0.15) is 0 Å². The number of rotatable bonds is 1. The molecule has 0 saturated carbocycles. The largest absolute Gasteiger partial charge is 0.476 e. The van der Waals surface area contributed by atoms with E-state index in [1.165, 1.54) is 0 Å². The van der Waals surface area contributed by atoms with Crippen LogP contribution in [0.5, 0.6) is 0 Å². The van der Waals surface area contributed by atoms with E-state index in [1.54, 1.807) is 10.1 Å².